The molecule has 0 aromatic heterocycles. The van der Waals surface area contributed by atoms with Gasteiger partial charge in [0.05, 0.1) is 0 Å². The second-order valence-electron chi connectivity index (χ2n) is 5.74. The van der Waals surface area contributed by atoms with E-state index in [2.05, 4.69) is 5.32 Å². The van der Waals surface area contributed by atoms with E-state index in [0.29, 0.717) is 30.6 Å². The molecule has 1 aliphatic carbocycles. The zero-order chi connectivity index (χ0) is 15.1. The third-order valence-corrected chi connectivity index (χ3v) is 4.04. The number of urea groups is 1. The molecule has 3 amide bonds. The number of benzene rings is 1. The molecule has 1 saturated heterocycles. The normalized spacial score (nSPS) is 19.7. The average molecular weight is 303 g/mol. The molecular weight excluding hydrogens is 286 g/mol. The molecule has 4 rings (SSSR count). The van der Waals surface area contributed by atoms with Gasteiger partial charge in [-0.15, -0.1) is 0 Å². The van der Waals surface area contributed by atoms with E-state index in [4.69, 9.17) is 9.47 Å². The Balaban J connectivity index is 1.43. The van der Waals surface area contributed by atoms with Crippen molar-refractivity contribution in [3.8, 4) is 11.5 Å². The van der Waals surface area contributed by atoms with Gasteiger partial charge < -0.3 is 19.7 Å². The first kappa shape index (κ1) is 13.2. The van der Waals surface area contributed by atoms with Gasteiger partial charge in [-0.25, -0.2) is 4.79 Å². The predicted octanol–water partition coefficient (Wildman–Crippen LogP) is 0.936. The summed E-state index contributed by atoms with van der Waals surface area (Å²) in [5, 5.41) is 2.90. The van der Waals surface area contributed by atoms with Crippen LogP contribution in [0.5, 0.6) is 11.5 Å². The van der Waals surface area contributed by atoms with Crippen LogP contribution in [0, 0.1) is 0 Å². The molecule has 1 saturated carbocycles. The number of carbonyl (C=O) groups is 2. The highest BCUT2D eigenvalue weighted by atomic mass is 16.7. The number of hydrogen-bond donors (Lipinski definition) is 1. The minimum atomic E-state index is -0.148. The Kier molecular flexibility index (Phi) is 3.06. The zero-order valence-electron chi connectivity index (χ0n) is 12.1. The van der Waals surface area contributed by atoms with E-state index in [1.807, 2.05) is 6.07 Å². The van der Waals surface area contributed by atoms with Gasteiger partial charge in [-0.3, -0.25) is 9.69 Å². The van der Waals surface area contributed by atoms with Gasteiger partial charge in [-0.05, 0) is 25.0 Å². The fourth-order valence-electron chi connectivity index (χ4n) is 2.70. The monoisotopic (exact) mass is 303 g/mol. The number of amides is 3. The van der Waals surface area contributed by atoms with Crippen molar-refractivity contribution in [2.45, 2.75) is 18.9 Å². The van der Waals surface area contributed by atoms with E-state index in [1.165, 1.54) is 0 Å². The van der Waals surface area contributed by atoms with Gasteiger partial charge in [0.1, 0.15) is 6.54 Å². The Hall–Kier alpha value is -2.44. The van der Waals surface area contributed by atoms with Crippen molar-refractivity contribution in [2.75, 3.05) is 31.3 Å². The van der Waals surface area contributed by atoms with Crippen LogP contribution in [0.25, 0.3) is 0 Å². The number of hydrogen-bond acceptors (Lipinski definition) is 4. The van der Waals surface area contributed by atoms with Crippen LogP contribution >= 0.6 is 0 Å². The molecule has 3 aliphatic rings. The largest absolute Gasteiger partial charge is 0.454 e. The van der Waals surface area contributed by atoms with Crippen LogP contribution in [0.15, 0.2) is 18.2 Å². The SMILES string of the molecule is O=C(CN1CCN(c2ccc3c(c2)OCO3)C1=O)NC1CC1. The van der Waals surface area contributed by atoms with Crippen LogP contribution in [0.4, 0.5) is 10.5 Å². The first-order chi connectivity index (χ1) is 10.7. The van der Waals surface area contributed by atoms with E-state index in [9.17, 15) is 9.59 Å². The number of anilines is 1. The highest BCUT2D eigenvalue weighted by Crippen LogP contribution is 2.36. The summed E-state index contributed by atoms with van der Waals surface area (Å²) in [6.07, 6.45) is 2.09. The van der Waals surface area contributed by atoms with Gasteiger partial charge in [0.15, 0.2) is 11.5 Å². The van der Waals surface area contributed by atoms with Crippen LogP contribution in [-0.2, 0) is 4.79 Å². The molecule has 0 unspecified atom stereocenters. The second-order valence-corrected chi connectivity index (χ2v) is 5.74. The third-order valence-electron chi connectivity index (χ3n) is 4.04. The van der Waals surface area contributed by atoms with Crippen LogP contribution in [-0.4, -0.2) is 49.3 Å². The van der Waals surface area contributed by atoms with Crippen molar-refractivity contribution in [2.24, 2.45) is 0 Å². The number of rotatable bonds is 4. The lowest BCUT2D eigenvalue weighted by molar-refractivity contribution is -0.121. The quantitative estimate of drug-likeness (QED) is 0.898. The molecule has 7 nitrogen and oxygen atoms in total. The summed E-state index contributed by atoms with van der Waals surface area (Å²) in [7, 11) is 0. The molecule has 7 heteroatoms. The highest BCUT2D eigenvalue weighted by Gasteiger charge is 2.32. The molecule has 1 aromatic rings. The number of ether oxygens (including phenoxy) is 2. The van der Waals surface area contributed by atoms with Gasteiger partial charge in [0, 0.05) is 30.9 Å². The van der Waals surface area contributed by atoms with E-state index in [-0.39, 0.29) is 25.3 Å². The number of nitrogens with one attached hydrogen (secondary N) is 1. The zero-order valence-corrected chi connectivity index (χ0v) is 12.1. The number of nitrogens with zero attached hydrogens (tertiary/aromatic N) is 2. The predicted molar refractivity (Wildman–Crippen MR) is 78.0 cm³/mol. The lowest BCUT2D eigenvalue weighted by Gasteiger charge is -2.18. The Bertz CT molecular complexity index is 629. The van der Waals surface area contributed by atoms with Crippen LogP contribution in [0.1, 0.15) is 12.8 Å². The van der Waals surface area contributed by atoms with Crippen molar-refractivity contribution < 1.29 is 19.1 Å². The first-order valence-corrected chi connectivity index (χ1v) is 7.46. The van der Waals surface area contributed by atoms with Crippen LogP contribution in [0.3, 0.4) is 0 Å². The average Bonchev–Trinajstić information content (AvgIpc) is 3.06. The summed E-state index contributed by atoms with van der Waals surface area (Å²) in [6.45, 7) is 1.44. The Labute approximate surface area is 127 Å². The second kappa shape index (κ2) is 5.08. The maximum Gasteiger partial charge on any atom is 0.325 e. The van der Waals surface area contributed by atoms with Gasteiger partial charge in [0.2, 0.25) is 12.7 Å². The van der Waals surface area contributed by atoms with Crippen molar-refractivity contribution in [1.82, 2.24) is 10.2 Å². The van der Waals surface area contributed by atoms with Gasteiger partial charge in [0.25, 0.3) is 0 Å². The molecular formula is C15H17N3O4. The Morgan fingerprint density at radius 2 is 2.05 bits per heavy atom. The Morgan fingerprint density at radius 1 is 1.23 bits per heavy atom. The fraction of sp³-hybridized carbons (Fsp3) is 0.467. The molecule has 0 radical (unpaired) electrons. The van der Waals surface area contributed by atoms with Gasteiger partial charge in [-0.1, -0.05) is 0 Å². The van der Waals surface area contributed by atoms with E-state index < -0.39 is 0 Å². The molecule has 1 N–H and O–H groups in total. The molecule has 2 fully saturated rings. The molecule has 0 atom stereocenters. The summed E-state index contributed by atoms with van der Waals surface area (Å²) < 4.78 is 10.6. The molecule has 2 heterocycles. The summed E-state index contributed by atoms with van der Waals surface area (Å²) in [5.74, 6) is 1.26. The molecule has 0 spiro atoms. The van der Waals surface area contributed by atoms with Crippen LogP contribution in [0.2, 0.25) is 0 Å². The molecule has 2 aliphatic heterocycles. The van der Waals surface area contributed by atoms with E-state index >= 15 is 0 Å². The lowest BCUT2D eigenvalue weighted by atomic mass is 10.2. The fourth-order valence-corrected chi connectivity index (χ4v) is 2.70. The van der Waals surface area contributed by atoms with Crippen molar-refractivity contribution in [1.29, 1.82) is 0 Å². The molecule has 22 heavy (non-hydrogen) atoms. The standard InChI is InChI=1S/C15H17N3O4/c19-14(16-10-1-2-10)8-17-5-6-18(15(17)20)11-3-4-12-13(7-11)22-9-21-12/h3-4,7,10H,1-2,5-6,8-9H2,(H,16,19). The molecule has 0 bridgehead atoms. The van der Waals surface area contributed by atoms with Crippen molar-refractivity contribution in [3.05, 3.63) is 18.2 Å². The summed E-state index contributed by atoms with van der Waals surface area (Å²) in [4.78, 5) is 27.5. The maximum atomic E-state index is 12.4. The van der Waals surface area contributed by atoms with E-state index in [1.54, 1.807) is 21.9 Å². The van der Waals surface area contributed by atoms with Crippen LogP contribution < -0.4 is 19.7 Å². The summed E-state index contributed by atoms with van der Waals surface area (Å²) in [5.41, 5.74) is 0.763. The lowest BCUT2D eigenvalue weighted by Crippen LogP contribution is -2.40. The summed E-state index contributed by atoms with van der Waals surface area (Å²) >= 11 is 0. The number of fused-ring (bicyclic) bond motifs is 1. The van der Waals surface area contributed by atoms with Crippen molar-refractivity contribution >= 4 is 17.6 Å². The Morgan fingerprint density at radius 3 is 2.86 bits per heavy atom. The topological polar surface area (TPSA) is 71.1 Å². The van der Waals surface area contributed by atoms with Crippen molar-refractivity contribution in [3.63, 3.8) is 0 Å². The van der Waals surface area contributed by atoms with E-state index in [0.717, 1.165) is 18.5 Å². The minimum absolute atomic E-state index is 0.0802. The minimum Gasteiger partial charge on any atom is -0.454 e. The van der Waals surface area contributed by atoms with Gasteiger partial charge in [-0.2, -0.15) is 0 Å². The molecule has 116 valence electrons. The highest BCUT2D eigenvalue weighted by molar-refractivity contribution is 5.96. The van der Waals surface area contributed by atoms with Gasteiger partial charge >= 0.3 is 6.03 Å². The molecule has 1 aromatic carbocycles. The number of carbonyl (C=O) groups excluding carboxylic acids is 2. The third kappa shape index (κ3) is 2.43. The first-order valence-electron chi connectivity index (χ1n) is 7.46. The maximum absolute atomic E-state index is 12.4. The smallest absolute Gasteiger partial charge is 0.325 e. The summed E-state index contributed by atoms with van der Waals surface area (Å²) in [6, 6.07) is 5.60.